The Morgan fingerprint density at radius 2 is 2.04 bits per heavy atom. The summed E-state index contributed by atoms with van der Waals surface area (Å²) in [6, 6.07) is 11.1. The van der Waals surface area contributed by atoms with Gasteiger partial charge in [0.05, 0.1) is 0 Å². The van der Waals surface area contributed by atoms with Crippen molar-refractivity contribution in [2.45, 2.75) is 20.8 Å². The molecule has 1 heterocycles. The number of hydrogen-bond acceptors (Lipinski definition) is 4. The van der Waals surface area contributed by atoms with Gasteiger partial charge in [-0.2, -0.15) is 0 Å². The van der Waals surface area contributed by atoms with Crippen molar-refractivity contribution in [2.24, 2.45) is 0 Å². The summed E-state index contributed by atoms with van der Waals surface area (Å²) in [5.41, 5.74) is 4.26. The van der Waals surface area contributed by atoms with Gasteiger partial charge in [-0.15, -0.1) is 0 Å². The third-order valence-corrected chi connectivity index (χ3v) is 3.69. The van der Waals surface area contributed by atoms with Gasteiger partial charge in [-0.05, 0) is 49.2 Å². The van der Waals surface area contributed by atoms with E-state index in [1.165, 1.54) is 0 Å². The van der Waals surface area contributed by atoms with E-state index in [0.717, 1.165) is 22.4 Å². The van der Waals surface area contributed by atoms with Crippen molar-refractivity contribution in [1.82, 2.24) is 4.98 Å². The number of nitrogens with zero attached hydrogens (tertiary/aromatic N) is 1. The number of aryl methyl sites for hydroxylation is 2. The second-order valence-corrected chi connectivity index (χ2v) is 5.45. The molecule has 0 spiro atoms. The van der Waals surface area contributed by atoms with Crippen LogP contribution in [0.2, 0.25) is 0 Å². The van der Waals surface area contributed by atoms with E-state index in [2.05, 4.69) is 10.3 Å². The van der Waals surface area contributed by atoms with Crippen LogP contribution < -0.4 is 10.1 Å². The smallest absolute Gasteiger partial charge is 0.262 e. The summed E-state index contributed by atoms with van der Waals surface area (Å²) in [5, 5.41) is 2.80. The Hall–Kier alpha value is -2.82. The highest BCUT2D eigenvalue weighted by molar-refractivity contribution is 5.93. The Morgan fingerprint density at radius 3 is 2.87 bits per heavy atom. The van der Waals surface area contributed by atoms with E-state index in [9.17, 15) is 4.79 Å². The molecule has 0 bridgehead atoms. The van der Waals surface area contributed by atoms with Gasteiger partial charge in [-0.3, -0.25) is 4.79 Å². The summed E-state index contributed by atoms with van der Waals surface area (Å²) < 4.78 is 11.0. The number of nitrogens with one attached hydrogen (secondary N) is 1. The quantitative estimate of drug-likeness (QED) is 0.796. The number of carbonyl (C=O) groups is 1. The van der Waals surface area contributed by atoms with E-state index in [1.807, 2.05) is 32.0 Å². The summed E-state index contributed by atoms with van der Waals surface area (Å²) in [5.74, 6) is 1.11. The number of carbonyl (C=O) groups excluding carboxylic acids is 1. The maximum Gasteiger partial charge on any atom is 0.262 e. The van der Waals surface area contributed by atoms with E-state index in [4.69, 9.17) is 9.15 Å². The van der Waals surface area contributed by atoms with Crippen LogP contribution in [0.25, 0.3) is 11.1 Å². The molecule has 0 aliphatic rings. The summed E-state index contributed by atoms with van der Waals surface area (Å²) >= 11 is 0. The van der Waals surface area contributed by atoms with E-state index in [1.54, 1.807) is 25.1 Å². The SMILES string of the molecule is Cc1nc2cc(NC(=O)COc3cccc(C)c3C)ccc2o1. The minimum Gasteiger partial charge on any atom is -0.483 e. The summed E-state index contributed by atoms with van der Waals surface area (Å²) in [6.07, 6.45) is 0. The molecule has 0 saturated heterocycles. The number of fused-ring (bicyclic) bond motifs is 1. The van der Waals surface area contributed by atoms with Gasteiger partial charge in [0.15, 0.2) is 18.1 Å². The second kappa shape index (κ2) is 6.12. The molecule has 0 saturated carbocycles. The first-order valence-corrected chi connectivity index (χ1v) is 7.39. The highest BCUT2D eigenvalue weighted by Gasteiger charge is 2.08. The van der Waals surface area contributed by atoms with Gasteiger partial charge in [-0.25, -0.2) is 4.98 Å². The lowest BCUT2D eigenvalue weighted by atomic mass is 10.1. The molecule has 0 unspecified atom stereocenters. The van der Waals surface area contributed by atoms with Crippen LogP contribution in [0.15, 0.2) is 40.8 Å². The van der Waals surface area contributed by atoms with Gasteiger partial charge >= 0.3 is 0 Å². The monoisotopic (exact) mass is 310 g/mol. The number of aromatic nitrogens is 1. The second-order valence-electron chi connectivity index (χ2n) is 5.45. The Bertz CT molecular complexity index is 868. The average molecular weight is 310 g/mol. The molecular weight excluding hydrogens is 292 g/mol. The molecule has 5 heteroatoms. The van der Waals surface area contributed by atoms with E-state index >= 15 is 0 Å². The summed E-state index contributed by atoms with van der Waals surface area (Å²) in [4.78, 5) is 16.3. The van der Waals surface area contributed by atoms with Crippen molar-refractivity contribution in [3.63, 3.8) is 0 Å². The molecule has 0 aliphatic carbocycles. The third kappa shape index (κ3) is 3.34. The minimum atomic E-state index is -0.217. The molecule has 1 amide bonds. The predicted octanol–water partition coefficient (Wildman–Crippen LogP) is 3.77. The van der Waals surface area contributed by atoms with Gasteiger partial charge < -0.3 is 14.5 Å². The van der Waals surface area contributed by atoms with Crippen LogP contribution in [-0.4, -0.2) is 17.5 Å². The average Bonchev–Trinajstić information content (AvgIpc) is 2.88. The molecule has 0 fully saturated rings. The number of oxazole rings is 1. The van der Waals surface area contributed by atoms with Crippen LogP contribution in [0.3, 0.4) is 0 Å². The van der Waals surface area contributed by atoms with Crippen LogP contribution >= 0.6 is 0 Å². The molecule has 5 nitrogen and oxygen atoms in total. The largest absolute Gasteiger partial charge is 0.483 e. The minimum absolute atomic E-state index is 0.0415. The molecule has 0 radical (unpaired) electrons. The Kier molecular flexibility index (Phi) is 4.02. The summed E-state index contributed by atoms with van der Waals surface area (Å²) in [7, 11) is 0. The van der Waals surface area contributed by atoms with Gasteiger partial charge in [-0.1, -0.05) is 12.1 Å². The number of amides is 1. The van der Waals surface area contributed by atoms with Gasteiger partial charge in [0, 0.05) is 12.6 Å². The number of anilines is 1. The molecule has 23 heavy (non-hydrogen) atoms. The fourth-order valence-electron chi connectivity index (χ4n) is 2.34. The van der Waals surface area contributed by atoms with Crippen molar-refractivity contribution in [1.29, 1.82) is 0 Å². The number of rotatable bonds is 4. The highest BCUT2D eigenvalue weighted by atomic mass is 16.5. The zero-order valence-corrected chi connectivity index (χ0v) is 13.3. The lowest BCUT2D eigenvalue weighted by Gasteiger charge is -2.11. The van der Waals surface area contributed by atoms with Gasteiger partial charge in [0.2, 0.25) is 0 Å². The molecule has 0 atom stereocenters. The summed E-state index contributed by atoms with van der Waals surface area (Å²) in [6.45, 7) is 5.73. The molecule has 3 aromatic rings. The van der Waals surface area contributed by atoms with E-state index < -0.39 is 0 Å². The van der Waals surface area contributed by atoms with Crippen molar-refractivity contribution < 1.29 is 13.9 Å². The Morgan fingerprint density at radius 1 is 1.22 bits per heavy atom. The Labute approximate surface area is 134 Å². The van der Waals surface area contributed by atoms with Gasteiger partial charge in [0.1, 0.15) is 11.3 Å². The number of ether oxygens (including phenoxy) is 1. The fraction of sp³-hybridized carbons (Fsp3) is 0.222. The lowest BCUT2D eigenvalue weighted by Crippen LogP contribution is -2.20. The maximum atomic E-state index is 12.0. The van der Waals surface area contributed by atoms with Gasteiger partial charge in [0.25, 0.3) is 5.91 Å². The maximum absolute atomic E-state index is 12.0. The molecule has 1 aromatic heterocycles. The predicted molar refractivity (Wildman–Crippen MR) is 88.8 cm³/mol. The first kappa shape index (κ1) is 15.1. The van der Waals surface area contributed by atoms with Crippen LogP contribution in [0.1, 0.15) is 17.0 Å². The Balaban J connectivity index is 1.65. The zero-order chi connectivity index (χ0) is 16.4. The lowest BCUT2D eigenvalue weighted by molar-refractivity contribution is -0.118. The van der Waals surface area contributed by atoms with Crippen LogP contribution in [-0.2, 0) is 4.79 Å². The van der Waals surface area contributed by atoms with Crippen LogP contribution in [0.5, 0.6) is 5.75 Å². The zero-order valence-electron chi connectivity index (χ0n) is 13.3. The molecule has 3 rings (SSSR count). The van der Waals surface area contributed by atoms with E-state index in [-0.39, 0.29) is 12.5 Å². The molecule has 118 valence electrons. The topological polar surface area (TPSA) is 64.4 Å². The number of benzene rings is 2. The first-order chi connectivity index (χ1) is 11.0. The van der Waals surface area contributed by atoms with Crippen molar-refractivity contribution in [2.75, 3.05) is 11.9 Å². The molecule has 1 N–H and O–H groups in total. The fourth-order valence-corrected chi connectivity index (χ4v) is 2.34. The van der Waals surface area contributed by atoms with Crippen molar-refractivity contribution in [3.8, 4) is 5.75 Å². The van der Waals surface area contributed by atoms with Crippen LogP contribution in [0.4, 0.5) is 5.69 Å². The highest BCUT2D eigenvalue weighted by Crippen LogP contribution is 2.21. The standard InChI is InChI=1S/C18H18N2O3/c1-11-5-4-6-16(12(11)2)22-10-18(21)20-14-7-8-17-15(9-14)19-13(3)23-17/h4-9H,10H2,1-3H3,(H,20,21). The first-order valence-electron chi connectivity index (χ1n) is 7.39. The van der Waals surface area contributed by atoms with E-state index in [0.29, 0.717) is 17.2 Å². The number of hydrogen-bond donors (Lipinski definition) is 1. The molecule has 2 aromatic carbocycles. The molecular formula is C18H18N2O3. The molecule has 0 aliphatic heterocycles. The van der Waals surface area contributed by atoms with Crippen molar-refractivity contribution in [3.05, 3.63) is 53.4 Å². The van der Waals surface area contributed by atoms with Crippen molar-refractivity contribution >= 4 is 22.7 Å². The normalized spacial score (nSPS) is 10.7. The van der Waals surface area contributed by atoms with Crippen LogP contribution in [0, 0.1) is 20.8 Å². The third-order valence-electron chi connectivity index (χ3n) is 3.69.